The maximum atomic E-state index is 11.9. The van der Waals surface area contributed by atoms with E-state index in [9.17, 15) is 8.42 Å². The van der Waals surface area contributed by atoms with Crippen molar-refractivity contribution >= 4 is 16.2 Å². The molecule has 0 unspecified atom stereocenters. The fraction of sp³-hybridized carbons (Fsp3) is 0.462. The van der Waals surface area contributed by atoms with Crippen LogP contribution in [0.25, 0.3) is 0 Å². The molecule has 0 aliphatic heterocycles. The van der Waals surface area contributed by atoms with Crippen LogP contribution in [0.15, 0.2) is 33.6 Å². The highest BCUT2D eigenvalue weighted by molar-refractivity contribution is 7.90. The minimum Gasteiger partial charge on any atom is -0.199 e. The van der Waals surface area contributed by atoms with E-state index in [-0.39, 0.29) is 4.90 Å². The minimum absolute atomic E-state index is 0.275. The summed E-state index contributed by atoms with van der Waals surface area (Å²) in [6.07, 6.45) is 6.10. The normalized spacial score (nSPS) is 17.9. The SMILES string of the molecule is Cc1ccc(S(=O)(=O)/N=C/C2CCCC2)cc1. The van der Waals surface area contributed by atoms with Gasteiger partial charge in [-0.3, -0.25) is 0 Å². The number of hydrogen-bond donors (Lipinski definition) is 0. The number of sulfonamides is 1. The molecule has 1 aliphatic carbocycles. The molecule has 0 heterocycles. The van der Waals surface area contributed by atoms with Gasteiger partial charge in [0, 0.05) is 6.21 Å². The van der Waals surface area contributed by atoms with E-state index in [2.05, 4.69) is 4.40 Å². The van der Waals surface area contributed by atoms with E-state index < -0.39 is 10.0 Å². The molecular weight excluding hydrogens is 234 g/mol. The van der Waals surface area contributed by atoms with Gasteiger partial charge in [0.1, 0.15) is 0 Å². The van der Waals surface area contributed by atoms with Crippen molar-refractivity contribution in [3.05, 3.63) is 29.8 Å². The van der Waals surface area contributed by atoms with Crippen LogP contribution < -0.4 is 0 Å². The summed E-state index contributed by atoms with van der Waals surface area (Å²) in [6.45, 7) is 1.93. The molecule has 4 heteroatoms. The van der Waals surface area contributed by atoms with E-state index in [0.29, 0.717) is 5.92 Å². The number of hydrogen-bond acceptors (Lipinski definition) is 2. The summed E-state index contributed by atoms with van der Waals surface area (Å²) in [7, 11) is -3.50. The monoisotopic (exact) mass is 251 g/mol. The molecule has 17 heavy (non-hydrogen) atoms. The standard InChI is InChI=1S/C13H17NO2S/c1-11-6-8-13(9-7-11)17(15,16)14-10-12-4-2-3-5-12/h6-10,12H,2-5H2,1H3/b14-10+. The first-order valence-corrected chi connectivity index (χ1v) is 7.39. The van der Waals surface area contributed by atoms with Crippen molar-refractivity contribution in [2.45, 2.75) is 37.5 Å². The Bertz CT molecular complexity index is 497. The molecule has 0 radical (unpaired) electrons. The Morgan fingerprint density at radius 3 is 2.35 bits per heavy atom. The molecule has 1 saturated carbocycles. The molecule has 0 saturated heterocycles. The first-order chi connectivity index (χ1) is 8.08. The Kier molecular flexibility index (Phi) is 3.62. The molecule has 0 amide bonds. The number of benzene rings is 1. The van der Waals surface area contributed by atoms with Crippen LogP contribution in [-0.4, -0.2) is 14.6 Å². The molecular formula is C13H17NO2S. The van der Waals surface area contributed by atoms with Gasteiger partial charge in [-0.15, -0.1) is 0 Å². The fourth-order valence-corrected chi connectivity index (χ4v) is 2.98. The molecule has 0 atom stereocenters. The van der Waals surface area contributed by atoms with Crippen molar-refractivity contribution in [3.8, 4) is 0 Å². The zero-order chi connectivity index (χ0) is 12.3. The number of rotatable bonds is 3. The van der Waals surface area contributed by atoms with E-state index in [1.807, 2.05) is 6.92 Å². The molecule has 0 aromatic heterocycles. The van der Waals surface area contributed by atoms with Crippen LogP contribution in [0, 0.1) is 12.8 Å². The van der Waals surface area contributed by atoms with Gasteiger partial charge in [-0.05, 0) is 37.8 Å². The van der Waals surface area contributed by atoms with E-state index in [0.717, 1.165) is 18.4 Å². The molecule has 1 aromatic rings. The van der Waals surface area contributed by atoms with Crippen LogP contribution in [0.5, 0.6) is 0 Å². The molecule has 0 spiro atoms. The van der Waals surface area contributed by atoms with Crippen LogP contribution in [-0.2, 0) is 10.0 Å². The third kappa shape index (κ3) is 3.16. The summed E-state index contributed by atoms with van der Waals surface area (Å²) in [4.78, 5) is 0.275. The maximum absolute atomic E-state index is 11.9. The Morgan fingerprint density at radius 2 is 1.76 bits per heavy atom. The van der Waals surface area contributed by atoms with Crippen molar-refractivity contribution in [2.75, 3.05) is 0 Å². The molecule has 0 N–H and O–H groups in total. The molecule has 0 bridgehead atoms. The smallest absolute Gasteiger partial charge is 0.199 e. The average Bonchev–Trinajstić information content (AvgIpc) is 2.80. The predicted molar refractivity (Wildman–Crippen MR) is 68.8 cm³/mol. The zero-order valence-corrected chi connectivity index (χ0v) is 10.8. The fourth-order valence-electron chi connectivity index (χ4n) is 2.04. The topological polar surface area (TPSA) is 46.5 Å². The quantitative estimate of drug-likeness (QED) is 0.775. The van der Waals surface area contributed by atoms with Crippen LogP contribution in [0.4, 0.5) is 0 Å². The van der Waals surface area contributed by atoms with Crippen molar-refractivity contribution in [1.29, 1.82) is 0 Å². The molecule has 3 nitrogen and oxygen atoms in total. The average molecular weight is 251 g/mol. The maximum Gasteiger partial charge on any atom is 0.281 e. The van der Waals surface area contributed by atoms with Crippen LogP contribution in [0.2, 0.25) is 0 Å². The highest BCUT2D eigenvalue weighted by Gasteiger charge is 2.15. The van der Waals surface area contributed by atoms with Gasteiger partial charge in [-0.2, -0.15) is 12.8 Å². The van der Waals surface area contributed by atoms with Crippen molar-refractivity contribution in [1.82, 2.24) is 0 Å². The lowest BCUT2D eigenvalue weighted by Gasteiger charge is -2.01. The van der Waals surface area contributed by atoms with Crippen LogP contribution in [0.3, 0.4) is 0 Å². The molecule has 1 fully saturated rings. The van der Waals surface area contributed by atoms with Crippen LogP contribution in [0.1, 0.15) is 31.2 Å². The van der Waals surface area contributed by atoms with Gasteiger partial charge >= 0.3 is 0 Å². The summed E-state index contributed by atoms with van der Waals surface area (Å²) in [6, 6.07) is 6.79. The largest absolute Gasteiger partial charge is 0.281 e. The Hall–Kier alpha value is -1.16. The van der Waals surface area contributed by atoms with Crippen LogP contribution >= 0.6 is 0 Å². The van der Waals surface area contributed by atoms with Crippen molar-refractivity contribution in [3.63, 3.8) is 0 Å². The molecule has 2 rings (SSSR count). The van der Waals surface area contributed by atoms with Gasteiger partial charge in [-0.1, -0.05) is 30.5 Å². The summed E-state index contributed by atoms with van der Waals surface area (Å²) < 4.78 is 27.6. The summed E-state index contributed by atoms with van der Waals surface area (Å²) in [5.41, 5.74) is 1.05. The van der Waals surface area contributed by atoms with Crippen molar-refractivity contribution < 1.29 is 8.42 Å². The summed E-state index contributed by atoms with van der Waals surface area (Å²) in [5.74, 6) is 0.343. The number of nitrogens with zero attached hydrogens (tertiary/aromatic N) is 1. The van der Waals surface area contributed by atoms with E-state index >= 15 is 0 Å². The summed E-state index contributed by atoms with van der Waals surface area (Å²) in [5, 5.41) is 0. The first-order valence-electron chi connectivity index (χ1n) is 5.95. The second-order valence-corrected chi connectivity index (χ2v) is 6.22. The Labute approximate surface area is 103 Å². The summed E-state index contributed by atoms with van der Waals surface area (Å²) >= 11 is 0. The van der Waals surface area contributed by atoms with E-state index in [1.54, 1.807) is 30.5 Å². The Morgan fingerprint density at radius 1 is 1.18 bits per heavy atom. The van der Waals surface area contributed by atoms with E-state index in [4.69, 9.17) is 0 Å². The van der Waals surface area contributed by atoms with Gasteiger partial charge in [0.05, 0.1) is 4.90 Å². The lowest BCUT2D eigenvalue weighted by molar-refractivity contribution is 0.597. The Balaban J connectivity index is 2.15. The zero-order valence-electron chi connectivity index (χ0n) is 9.96. The second-order valence-electron chi connectivity index (χ2n) is 4.59. The predicted octanol–water partition coefficient (Wildman–Crippen LogP) is 2.94. The highest BCUT2D eigenvalue weighted by Crippen LogP contribution is 2.23. The van der Waals surface area contributed by atoms with Gasteiger partial charge < -0.3 is 0 Å². The van der Waals surface area contributed by atoms with Gasteiger partial charge in [-0.25, -0.2) is 0 Å². The lowest BCUT2D eigenvalue weighted by atomic mass is 10.1. The van der Waals surface area contributed by atoms with Gasteiger partial charge in [0.2, 0.25) is 0 Å². The molecule has 1 aromatic carbocycles. The lowest BCUT2D eigenvalue weighted by Crippen LogP contribution is -2.01. The highest BCUT2D eigenvalue weighted by atomic mass is 32.2. The molecule has 1 aliphatic rings. The van der Waals surface area contributed by atoms with E-state index in [1.165, 1.54) is 12.8 Å². The van der Waals surface area contributed by atoms with Gasteiger partial charge in [0.25, 0.3) is 10.0 Å². The molecule has 92 valence electrons. The third-order valence-corrected chi connectivity index (χ3v) is 4.40. The van der Waals surface area contributed by atoms with Crippen molar-refractivity contribution in [2.24, 2.45) is 10.3 Å². The number of aryl methyl sites for hydroxylation is 1. The second kappa shape index (κ2) is 5.00. The van der Waals surface area contributed by atoms with Gasteiger partial charge in [0.15, 0.2) is 0 Å². The third-order valence-electron chi connectivity index (χ3n) is 3.13. The first kappa shape index (κ1) is 12.3. The minimum atomic E-state index is -3.50.